The summed E-state index contributed by atoms with van der Waals surface area (Å²) in [6, 6.07) is 4.32. The molecule has 1 aromatic carbocycles. The monoisotopic (exact) mass is 277 g/mol. The summed E-state index contributed by atoms with van der Waals surface area (Å²) in [4.78, 5) is 0. The predicted molar refractivity (Wildman–Crippen MR) is 80.5 cm³/mol. The molecule has 0 aromatic heterocycles. The van der Waals surface area contributed by atoms with E-state index in [1.165, 1.54) is 0 Å². The molecule has 0 saturated heterocycles. The van der Waals surface area contributed by atoms with Crippen molar-refractivity contribution in [2.45, 2.75) is 33.4 Å². The normalized spacial score (nSPS) is 9.90. The molecule has 0 unspecified atom stereocenters. The van der Waals surface area contributed by atoms with Crippen molar-refractivity contribution in [3.8, 4) is 29.1 Å². The quantitative estimate of drug-likeness (QED) is 0.778. The van der Waals surface area contributed by atoms with Gasteiger partial charge >= 0.3 is 0 Å². The zero-order valence-electron chi connectivity index (χ0n) is 12.9. The molecule has 0 radical (unpaired) electrons. The molecule has 4 nitrogen and oxygen atoms in total. The lowest BCUT2D eigenvalue weighted by Gasteiger charge is -2.16. The van der Waals surface area contributed by atoms with Crippen LogP contribution in [0.15, 0.2) is 12.1 Å². The molecular weight excluding hydrogens is 254 g/mol. The fourth-order valence-corrected chi connectivity index (χ4v) is 1.68. The molecule has 0 bridgehead atoms. The molecule has 4 heteroatoms. The van der Waals surface area contributed by atoms with Crippen LogP contribution >= 0.6 is 0 Å². The van der Waals surface area contributed by atoms with E-state index in [2.05, 4.69) is 31.0 Å². The molecule has 0 amide bonds. The van der Waals surface area contributed by atoms with Gasteiger partial charge in [0.2, 0.25) is 5.75 Å². The standard InChI is InChI=1S/C16H23NO3/c1-6-7-8-20-16-14(18-4)9-13(10-15(16)19-5)11-17-12(2)3/h9-10,12,17H,8,11H2,1-5H3. The van der Waals surface area contributed by atoms with E-state index in [0.717, 1.165) is 12.1 Å². The first-order valence-corrected chi connectivity index (χ1v) is 6.63. The Bertz CT molecular complexity index is 461. The topological polar surface area (TPSA) is 39.7 Å². The predicted octanol–water partition coefficient (Wildman–Crippen LogP) is 2.60. The Morgan fingerprint density at radius 3 is 2.20 bits per heavy atom. The largest absolute Gasteiger partial charge is 0.493 e. The van der Waals surface area contributed by atoms with Gasteiger partial charge in [0.15, 0.2) is 11.5 Å². The lowest BCUT2D eigenvalue weighted by atomic mass is 10.1. The van der Waals surface area contributed by atoms with Crippen molar-refractivity contribution in [3.63, 3.8) is 0 Å². The number of rotatable bonds is 7. The van der Waals surface area contributed by atoms with Crippen molar-refractivity contribution in [1.82, 2.24) is 5.32 Å². The third-order valence-electron chi connectivity index (χ3n) is 2.70. The van der Waals surface area contributed by atoms with Gasteiger partial charge in [0.25, 0.3) is 0 Å². The van der Waals surface area contributed by atoms with Gasteiger partial charge in [0, 0.05) is 12.6 Å². The summed E-state index contributed by atoms with van der Waals surface area (Å²) in [6.07, 6.45) is 0. The molecule has 110 valence electrons. The van der Waals surface area contributed by atoms with Gasteiger partial charge in [-0.2, -0.15) is 0 Å². The van der Waals surface area contributed by atoms with Crippen LogP contribution in [0.4, 0.5) is 0 Å². The summed E-state index contributed by atoms with van der Waals surface area (Å²) >= 11 is 0. The highest BCUT2D eigenvalue weighted by molar-refractivity contribution is 5.54. The third kappa shape index (κ3) is 4.67. The minimum atomic E-state index is 0.312. The van der Waals surface area contributed by atoms with Gasteiger partial charge in [-0.15, -0.1) is 5.92 Å². The Balaban J connectivity index is 3.00. The first kappa shape index (κ1) is 16.2. The molecule has 1 rings (SSSR count). The molecule has 1 aromatic rings. The van der Waals surface area contributed by atoms with Gasteiger partial charge in [-0.25, -0.2) is 0 Å². The van der Waals surface area contributed by atoms with Gasteiger partial charge in [0.1, 0.15) is 6.61 Å². The van der Waals surface area contributed by atoms with Gasteiger partial charge in [-0.05, 0) is 24.6 Å². The van der Waals surface area contributed by atoms with Gasteiger partial charge in [-0.1, -0.05) is 19.8 Å². The summed E-state index contributed by atoms with van der Waals surface area (Å²) in [5, 5.41) is 3.36. The molecule has 20 heavy (non-hydrogen) atoms. The Labute approximate surface area is 121 Å². The van der Waals surface area contributed by atoms with Crippen molar-refractivity contribution in [3.05, 3.63) is 17.7 Å². The van der Waals surface area contributed by atoms with Crippen LogP contribution in [0.3, 0.4) is 0 Å². The Kier molecular flexibility index (Phi) is 6.75. The van der Waals surface area contributed by atoms with Crippen LogP contribution in [0, 0.1) is 11.8 Å². The van der Waals surface area contributed by atoms with Crippen LogP contribution < -0.4 is 19.5 Å². The Morgan fingerprint density at radius 1 is 1.15 bits per heavy atom. The zero-order chi connectivity index (χ0) is 15.0. The molecule has 0 heterocycles. The van der Waals surface area contributed by atoms with Crippen molar-refractivity contribution in [2.24, 2.45) is 0 Å². The minimum absolute atomic E-state index is 0.312. The summed E-state index contributed by atoms with van der Waals surface area (Å²) < 4.78 is 16.4. The van der Waals surface area contributed by atoms with Gasteiger partial charge < -0.3 is 19.5 Å². The summed E-state index contributed by atoms with van der Waals surface area (Å²) in [5.74, 6) is 7.55. The fraction of sp³-hybridized carbons (Fsp3) is 0.500. The van der Waals surface area contributed by atoms with E-state index in [1.54, 1.807) is 21.1 Å². The molecule has 0 aliphatic heterocycles. The van der Waals surface area contributed by atoms with Crippen LogP contribution in [0.25, 0.3) is 0 Å². The maximum Gasteiger partial charge on any atom is 0.204 e. The minimum Gasteiger partial charge on any atom is -0.493 e. The second kappa shape index (κ2) is 8.34. The van der Waals surface area contributed by atoms with Crippen molar-refractivity contribution in [1.29, 1.82) is 0 Å². The highest BCUT2D eigenvalue weighted by Crippen LogP contribution is 2.38. The summed E-state index contributed by atoms with van der Waals surface area (Å²) in [6.45, 7) is 7.05. The highest BCUT2D eigenvalue weighted by Gasteiger charge is 2.14. The summed E-state index contributed by atoms with van der Waals surface area (Å²) in [7, 11) is 3.24. The average Bonchev–Trinajstić information content (AvgIpc) is 2.45. The van der Waals surface area contributed by atoms with E-state index in [1.807, 2.05) is 12.1 Å². The second-order valence-corrected chi connectivity index (χ2v) is 4.58. The number of benzene rings is 1. The van der Waals surface area contributed by atoms with E-state index in [4.69, 9.17) is 14.2 Å². The Morgan fingerprint density at radius 2 is 1.75 bits per heavy atom. The van der Waals surface area contributed by atoms with Crippen molar-refractivity contribution in [2.75, 3.05) is 20.8 Å². The molecule has 0 aliphatic rings. The van der Waals surface area contributed by atoms with Crippen LogP contribution in [0.1, 0.15) is 26.3 Å². The van der Waals surface area contributed by atoms with E-state index in [9.17, 15) is 0 Å². The zero-order valence-corrected chi connectivity index (χ0v) is 12.9. The van der Waals surface area contributed by atoms with E-state index in [-0.39, 0.29) is 0 Å². The van der Waals surface area contributed by atoms with E-state index < -0.39 is 0 Å². The van der Waals surface area contributed by atoms with E-state index >= 15 is 0 Å². The molecule has 0 atom stereocenters. The first-order valence-electron chi connectivity index (χ1n) is 6.63. The van der Waals surface area contributed by atoms with Crippen LogP contribution in [-0.4, -0.2) is 26.9 Å². The van der Waals surface area contributed by atoms with Crippen LogP contribution in [-0.2, 0) is 6.54 Å². The van der Waals surface area contributed by atoms with Gasteiger partial charge in [-0.3, -0.25) is 0 Å². The molecule has 0 aliphatic carbocycles. The average molecular weight is 277 g/mol. The van der Waals surface area contributed by atoms with Crippen molar-refractivity contribution >= 4 is 0 Å². The fourth-order valence-electron chi connectivity index (χ4n) is 1.68. The molecule has 0 spiro atoms. The molecule has 1 N–H and O–H groups in total. The number of nitrogens with one attached hydrogen (secondary N) is 1. The lowest BCUT2D eigenvalue weighted by Crippen LogP contribution is -2.21. The highest BCUT2D eigenvalue weighted by atomic mass is 16.5. The first-order chi connectivity index (χ1) is 9.62. The van der Waals surface area contributed by atoms with Crippen LogP contribution in [0.2, 0.25) is 0 Å². The van der Waals surface area contributed by atoms with Crippen LogP contribution in [0.5, 0.6) is 17.2 Å². The summed E-state index contributed by atoms with van der Waals surface area (Å²) in [5.41, 5.74) is 1.08. The lowest BCUT2D eigenvalue weighted by molar-refractivity contribution is 0.304. The van der Waals surface area contributed by atoms with Crippen molar-refractivity contribution < 1.29 is 14.2 Å². The second-order valence-electron chi connectivity index (χ2n) is 4.58. The Hall–Kier alpha value is -1.86. The molecular formula is C16H23NO3. The number of methoxy groups -OCH3 is 2. The molecule has 0 fully saturated rings. The number of hydrogen-bond donors (Lipinski definition) is 1. The number of hydrogen-bond acceptors (Lipinski definition) is 4. The maximum atomic E-state index is 5.63. The third-order valence-corrected chi connectivity index (χ3v) is 2.70. The molecule has 0 saturated carbocycles. The van der Waals surface area contributed by atoms with Gasteiger partial charge in [0.05, 0.1) is 14.2 Å². The number of ether oxygens (including phenoxy) is 3. The SMILES string of the molecule is CC#CCOc1c(OC)cc(CNC(C)C)cc1OC. The smallest absolute Gasteiger partial charge is 0.204 e. The van der Waals surface area contributed by atoms with E-state index in [0.29, 0.717) is 29.9 Å². The maximum absolute atomic E-state index is 5.63.